The van der Waals surface area contributed by atoms with Crippen LogP contribution in [-0.4, -0.2) is 49.6 Å². The lowest BCUT2D eigenvalue weighted by molar-refractivity contribution is -0.126. The molecule has 0 bridgehead atoms. The largest absolute Gasteiger partial charge is 0.344 e. The summed E-state index contributed by atoms with van der Waals surface area (Å²) >= 11 is 0. The zero-order chi connectivity index (χ0) is 13.4. The zero-order valence-electron chi connectivity index (χ0n) is 11.5. The molecule has 4 heteroatoms. The van der Waals surface area contributed by atoms with Crippen molar-refractivity contribution in [3.8, 4) is 12.3 Å². The standard InChI is InChI=1S/C14H25N3O/c1-4-8-16-14(18)12(3)17-9-6-7-13(11-17)10-15-5-2/h1,12-13,15H,5-11H2,2-3H3,(H,16,18). The molecule has 2 unspecified atom stereocenters. The van der Waals surface area contributed by atoms with Crippen LogP contribution in [0.1, 0.15) is 26.7 Å². The highest BCUT2D eigenvalue weighted by Crippen LogP contribution is 2.17. The van der Waals surface area contributed by atoms with E-state index in [1.807, 2.05) is 6.92 Å². The first-order chi connectivity index (χ1) is 8.69. The molecule has 0 aromatic carbocycles. The molecular weight excluding hydrogens is 226 g/mol. The summed E-state index contributed by atoms with van der Waals surface area (Å²) in [5.41, 5.74) is 0. The summed E-state index contributed by atoms with van der Waals surface area (Å²) in [5.74, 6) is 3.13. The average Bonchev–Trinajstić information content (AvgIpc) is 2.42. The van der Waals surface area contributed by atoms with Crippen LogP contribution in [0.5, 0.6) is 0 Å². The zero-order valence-corrected chi connectivity index (χ0v) is 11.5. The quantitative estimate of drug-likeness (QED) is 0.674. The molecule has 0 spiro atoms. The second kappa shape index (κ2) is 8.12. The van der Waals surface area contributed by atoms with E-state index in [-0.39, 0.29) is 11.9 Å². The molecule has 1 fully saturated rings. The molecule has 1 heterocycles. The SMILES string of the molecule is C#CCNC(=O)C(C)N1CCCC(CNCC)C1. The first-order valence-corrected chi connectivity index (χ1v) is 6.85. The number of amides is 1. The predicted molar refractivity (Wildman–Crippen MR) is 74.1 cm³/mol. The highest BCUT2D eigenvalue weighted by atomic mass is 16.2. The van der Waals surface area contributed by atoms with Crippen molar-refractivity contribution in [1.29, 1.82) is 0 Å². The minimum absolute atomic E-state index is 0.0389. The lowest BCUT2D eigenvalue weighted by Gasteiger charge is -2.36. The van der Waals surface area contributed by atoms with E-state index >= 15 is 0 Å². The monoisotopic (exact) mass is 251 g/mol. The lowest BCUT2D eigenvalue weighted by atomic mass is 9.96. The van der Waals surface area contributed by atoms with Crippen LogP contribution < -0.4 is 10.6 Å². The Hall–Kier alpha value is -1.05. The number of carbonyl (C=O) groups excluding carboxylic acids is 1. The number of hydrogen-bond acceptors (Lipinski definition) is 3. The molecule has 4 nitrogen and oxygen atoms in total. The van der Waals surface area contributed by atoms with Gasteiger partial charge in [-0.05, 0) is 45.3 Å². The number of hydrogen-bond donors (Lipinski definition) is 2. The molecule has 2 N–H and O–H groups in total. The molecule has 102 valence electrons. The Morgan fingerprint density at radius 1 is 1.61 bits per heavy atom. The Labute approximate surface area is 110 Å². The van der Waals surface area contributed by atoms with Crippen molar-refractivity contribution in [2.75, 3.05) is 32.7 Å². The lowest BCUT2D eigenvalue weighted by Crippen LogP contribution is -2.50. The van der Waals surface area contributed by atoms with Crippen LogP contribution >= 0.6 is 0 Å². The molecule has 1 saturated heterocycles. The van der Waals surface area contributed by atoms with Gasteiger partial charge in [-0.3, -0.25) is 9.69 Å². The van der Waals surface area contributed by atoms with Crippen LogP contribution in [0.4, 0.5) is 0 Å². The normalized spacial score (nSPS) is 22.2. The number of piperidine rings is 1. The van der Waals surface area contributed by atoms with E-state index in [9.17, 15) is 4.79 Å². The molecule has 0 radical (unpaired) electrons. The third-order valence-corrected chi connectivity index (χ3v) is 3.53. The van der Waals surface area contributed by atoms with Gasteiger partial charge in [0.05, 0.1) is 12.6 Å². The topological polar surface area (TPSA) is 44.4 Å². The Kier molecular flexibility index (Phi) is 6.77. The third-order valence-electron chi connectivity index (χ3n) is 3.53. The van der Waals surface area contributed by atoms with Gasteiger partial charge in [0.1, 0.15) is 0 Å². The van der Waals surface area contributed by atoms with E-state index in [0.29, 0.717) is 12.5 Å². The van der Waals surface area contributed by atoms with E-state index in [4.69, 9.17) is 6.42 Å². The summed E-state index contributed by atoms with van der Waals surface area (Å²) in [7, 11) is 0. The molecule has 1 aliphatic rings. The molecule has 1 amide bonds. The molecule has 0 aromatic heterocycles. The summed E-state index contributed by atoms with van der Waals surface area (Å²) in [6.07, 6.45) is 7.57. The van der Waals surface area contributed by atoms with Crippen molar-refractivity contribution in [2.45, 2.75) is 32.7 Å². The molecule has 1 aliphatic heterocycles. The molecular formula is C14H25N3O. The second-order valence-corrected chi connectivity index (χ2v) is 4.91. The number of rotatable bonds is 6. The Bertz CT molecular complexity index is 298. The van der Waals surface area contributed by atoms with Crippen molar-refractivity contribution in [2.24, 2.45) is 5.92 Å². The molecule has 0 saturated carbocycles. The van der Waals surface area contributed by atoms with Gasteiger partial charge in [-0.2, -0.15) is 0 Å². The van der Waals surface area contributed by atoms with Crippen molar-refractivity contribution in [3.05, 3.63) is 0 Å². The highest BCUT2D eigenvalue weighted by Gasteiger charge is 2.26. The van der Waals surface area contributed by atoms with Crippen LogP contribution in [0.2, 0.25) is 0 Å². The van der Waals surface area contributed by atoms with Crippen molar-refractivity contribution in [1.82, 2.24) is 15.5 Å². The summed E-state index contributed by atoms with van der Waals surface area (Å²) in [5, 5.41) is 6.14. The molecule has 1 rings (SSSR count). The van der Waals surface area contributed by atoms with E-state index in [2.05, 4.69) is 28.4 Å². The molecule has 2 atom stereocenters. The van der Waals surface area contributed by atoms with Gasteiger partial charge in [0, 0.05) is 6.54 Å². The summed E-state index contributed by atoms with van der Waals surface area (Å²) < 4.78 is 0. The Morgan fingerprint density at radius 3 is 3.06 bits per heavy atom. The maximum Gasteiger partial charge on any atom is 0.237 e. The summed E-state index contributed by atoms with van der Waals surface area (Å²) in [6.45, 7) is 8.46. The van der Waals surface area contributed by atoms with Crippen LogP contribution in [0.3, 0.4) is 0 Å². The van der Waals surface area contributed by atoms with Gasteiger partial charge >= 0.3 is 0 Å². The minimum Gasteiger partial charge on any atom is -0.344 e. The van der Waals surface area contributed by atoms with Gasteiger partial charge in [-0.25, -0.2) is 0 Å². The second-order valence-electron chi connectivity index (χ2n) is 4.91. The number of carbonyl (C=O) groups is 1. The average molecular weight is 251 g/mol. The smallest absolute Gasteiger partial charge is 0.237 e. The van der Waals surface area contributed by atoms with Crippen LogP contribution in [0, 0.1) is 18.3 Å². The number of terminal acetylenes is 1. The maximum atomic E-state index is 11.9. The number of nitrogens with one attached hydrogen (secondary N) is 2. The van der Waals surface area contributed by atoms with E-state index in [1.165, 1.54) is 12.8 Å². The van der Waals surface area contributed by atoms with E-state index in [1.54, 1.807) is 0 Å². The third kappa shape index (κ3) is 4.67. The van der Waals surface area contributed by atoms with Crippen LogP contribution in [0.25, 0.3) is 0 Å². The Balaban J connectivity index is 2.40. The van der Waals surface area contributed by atoms with Gasteiger partial charge < -0.3 is 10.6 Å². The molecule has 0 aliphatic carbocycles. The van der Waals surface area contributed by atoms with Gasteiger partial charge in [-0.1, -0.05) is 12.8 Å². The van der Waals surface area contributed by atoms with Gasteiger partial charge in [0.2, 0.25) is 5.91 Å². The first-order valence-electron chi connectivity index (χ1n) is 6.85. The van der Waals surface area contributed by atoms with E-state index < -0.39 is 0 Å². The van der Waals surface area contributed by atoms with Gasteiger partial charge in [0.15, 0.2) is 0 Å². The Morgan fingerprint density at radius 2 is 2.39 bits per heavy atom. The fourth-order valence-corrected chi connectivity index (χ4v) is 2.42. The highest BCUT2D eigenvalue weighted by molar-refractivity contribution is 5.81. The van der Waals surface area contributed by atoms with Gasteiger partial charge in [-0.15, -0.1) is 6.42 Å². The fourth-order valence-electron chi connectivity index (χ4n) is 2.42. The summed E-state index contributed by atoms with van der Waals surface area (Å²) in [6, 6.07) is -0.0808. The predicted octanol–water partition coefficient (Wildman–Crippen LogP) is 0.446. The van der Waals surface area contributed by atoms with Crippen molar-refractivity contribution < 1.29 is 4.79 Å². The maximum absolute atomic E-state index is 11.9. The van der Waals surface area contributed by atoms with Crippen molar-refractivity contribution in [3.63, 3.8) is 0 Å². The van der Waals surface area contributed by atoms with Crippen LogP contribution in [-0.2, 0) is 4.79 Å². The fraction of sp³-hybridized carbons (Fsp3) is 0.786. The van der Waals surface area contributed by atoms with Gasteiger partial charge in [0.25, 0.3) is 0 Å². The van der Waals surface area contributed by atoms with Crippen molar-refractivity contribution >= 4 is 5.91 Å². The first kappa shape index (κ1) is 15.0. The number of nitrogens with zero attached hydrogens (tertiary/aromatic N) is 1. The number of likely N-dealkylation sites (tertiary alicyclic amines) is 1. The van der Waals surface area contributed by atoms with Crippen LogP contribution in [0.15, 0.2) is 0 Å². The molecule has 18 heavy (non-hydrogen) atoms. The minimum atomic E-state index is -0.0808. The van der Waals surface area contributed by atoms with E-state index in [0.717, 1.165) is 26.2 Å². The molecule has 0 aromatic rings. The summed E-state index contributed by atoms with van der Waals surface area (Å²) in [4.78, 5) is 14.1.